The average molecular weight is 241 g/mol. The minimum absolute atomic E-state index is 0.191. The van der Waals surface area contributed by atoms with Gasteiger partial charge in [-0.25, -0.2) is 9.78 Å². The Bertz CT molecular complexity index is 425. The van der Waals surface area contributed by atoms with Crippen molar-refractivity contribution < 1.29 is 14.6 Å². The fraction of sp³-hybridized carbons (Fsp3) is 0.364. The molecule has 0 aliphatic carbocycles. The van der Waals surface area contributed by atoms with Crippen molar-refractivity contribution >= 4 is 21.8 Å². The molecule has 1 aromatic rings. The van der Waals surface area contributed by atoms with E-state index >= 15 is 0 Å². The maximum Gasteiger partial charge on any atom is 0.337 e. The summed E-state index contributed by atoms with van der Waals surface area (Å²) in [6, 6.07) is 1.61. The normalized spacial score (nSPS) is 10.2. The molecule has 4 nitrogen and oxygen atoms in total. The van der Waals surface area contributed by atoms with Crippen molar-refractivity contribution in [1.82, 2.24) is 4.98 Å². The lowest BCUT2D eigenvalue weighted by atomic mass is 10.1. The molecule has 0 atom stereocenters. The van der Waals surface area contributed by atoms with Gasteiger partial charge in [0.1, 0.15) is 0 Å². The molecule has 5 heteroatoms. The van der Waals surface area contributed by atoms with E-state index in [-0.39, 0.29) is 16.0 Å². The Hall–Kier alpha value is -1.36. The molecule has 1 N–H and O–H groups in total. The van der Waals surface area contributed by atoms with Crippen LogP contribution in [0.1, 0.15) is 15.9 Å². The van der Waals surface area contributed by atoms with E-state index in [1.807, 2.05) is 0 Å². The van der Waals surface area contributed by atoms with Crippen LogP contribution in [0.5, 0.6) is 5.88 Å². The van der Waals surface area contributed by atoms with Crippen LogP contribution in [0.15, 0.2) is 12.3 Å². The number of carbonyl (C=O) groups is 1. The van der Waals surface area contributed by atoms with E-state index < -0.39 is 5.97 Å². The van der Waals surface area contributed by atoms with Crippen LogP contribution < -0.4 is 4.74 Å². The summed E-state index contributed by atoms with van der Waals surface area (Å²) >= 11 is 0. The highest BCUT2D eigenvalue weighted by Crippen LogP contribution is 2.17. The molecule has 16 heavy (non-hydrogen) atoms. The first-order valence-corrected chi connectivity index (χ1v) is 6.81. The van der Waals surface area contributed by atoms with Gasteiger partial charge in [-0.1, -0.05) is 5.37 Å². The number of ether oxygens (including phenoxy) is 1. The summed E-state index contributed by atoms with van der Waals surface area (Å²) in [5.41, 5.74) is 1.000. The number of rotatable bonds is 4. The van der Waals surface area contributed by atoms with Crippen LogP contribution in [-0.4, -0.2) is 41.0 Å². The summed E-state index contributed by atoms with van der Waals surface area (Å²) in [5, 5.41) is 11.0. The van der Waals surface area contributed by atoms with E-state index in [1.165, 1.54) is 13.3 Å². The number of hydrogen-bond donors (Lipinski definition) is 1. The van der Waals surface area contributed by atoms with Gasteiger partial charge in [0.05, 0.1) is 12.7 Å². The Balaban J connectivity index is 3.07. The largest absolute Gasteiger partial charge is 0.481 e. The number of hydrogen-bond acceptors (Lipinski definition) is 3. The molecule has 0 bridgehead atoms. The van der Waals surface area contributed by atoms with Crippen LogP contribution in [0.25, 0.3) is 0 Å². The zero-order chi connectivity index (χ0) is 12.1. The number of methoxy groups -OCH3 is 1. The van der Waals surface area contributed by atoms with Crippen LogP contribution in [0.3, 0.4) is 0 Å². The van der Waals surface area contributed by atoms with Gasteiger partial charge in [0.15, 0.2) is 0 Å². The van der Waals surface area contributed by atoms with Gasteiger partial charge >= 0.3 is 5.97 Å². The van der Waals surface area contributed by atoms with Gasteiger partial charge in [-0.05, 0) is 18.6 Å². The van der Waals surface area contributed by atoms with Gasteiger partial charge in [-0.3, -0.25) is 0 Å². The Labute approximate surface area is 97.2 Å². The summed E-state index contributed by atoms with van der Waals surface area (Å²) in [6.45, 7) is 0. The lowest BCUT2D eigenvalue weighted by molar-refractivity contribution is 0.0696. The third-order valence-corrected chi connectivity index (χ3v) is 2.84. The summed E-state index contributed by atoms with van der Waals surface area (Å²) in [5.74, 6) is -0.477. The standard InChI is InChI=1S/C11H15NO3S/c1-15-10-8(4-5-16(2)3)6-9(7-12-10)11(13)14/h5-7H,4H2,1-3H3,(H,13,14). The van der Waals surface area contributed by atoms with Crippen LogP contribution in [0.2, 0.25) is 0 Å². The highest BCUT2D eigenvalue weighted by molar-refractivity contribution is 8.13. The molecule has 0 aliphatic rings. The van der Waals surface area contributed by atoms with E-state index in [0.29, 0.717) is 12.3 Å². The lowest BCUT2D eigenvalue weighted by Gasteiger charge is -2.06. The van der Waals surface area contributed by atoms with Crippen molar-refractivity contribution in [1.29, 1.82) is 0 Å². The third-order valence-electron chi connectivity index (χ3n) is 2.00. The van der Waals surface area contributed by atoms with E-state index in [1.54, 1.807) is 6.07 Å². The smallest absolute Gasteiger partial charge is 0.337 e. The van der Waals surface area contributed by atoms with Crippen LogP contribution in [0, 0.1) is 0 Å². The fourth-order valence-electron chi connectivity index (χ4n) is 1.20. The van der Waals surface area contributed by atoms with E-state index in [4.69, 9.17) is 9.84 Å². The lowest BCUT2D eigenvalue weighted by Crippen LogP contribution is -2.02. The van der Waals surface area contributed by atoms with Crippen molar-refractivity contribution in [2.75, 3.05) is 19.6 Å². The number of aromatic carboxylic acids is 1. The molecule has 0 unspecified atom stereocenters. The molecule has 0 amide bonds. The molecule has 88 valence electrons. The van der Waals surface area contributed by atoms with E-state index in [0.717, 1.165) is 5.56 Å². The van der Waals surface area contributed by atoms with Crippen LogP contribution in [-0.2, 0) is 6.42 Å². The highest BCUT2D eigenvalue weighted by Gasteiger charge is 2.09. The first kappa shape index (κ1) is 12.7. The number of carboxylic acid groups (broad SMARTS) is 1. The number of aromatic nitrogens is 1. The summed E-state index contributed by atoms with van der Waals surface area (Å²) in [4.78, 5) is 14.8. The maximum atomic E-state index is 10.8. The Kier molecular flexibility index (Phi) is 4.49. The van der Waals surface area contributed by atoms with Crippen LogP contribution in [0.4, 0.5) is 0 Å². The highest BCUT2D eigenvalue weighted by atomic mass is 32.2. The number of carboxylic acids is 1. The van der Waals surface area contributed by atoms with Crippen molar-refractivity contribution in [2.45, 2.75) is 6.42 Å². The van der Waals surface area contributed by atoms with Gasteiger partial charge < -0.3 is 9.84 Å². The van der Waals surface area contributed by atoms with Gasteiger partial charge in [-0.2, -0.15) is 10.5 Å². The van der Waals surface area contributed by atoms with Crippen molar-refractivity contribution in [2.24, 2.45) is 0 Å². The Morgan fingerprint density at radius 2 is 2.31 bits per heavy atom. The monoisotopic (exact) mass is 241 g/mol. The SMILES string of the molecule is COc1ncc(C(=O)O)cc1CC=S(C)C. The summed E-state index contributed by atoms with van der Waals surface area (Å²) in [6.07, 6.45) is 6.18. The van der Waals surface area contributed by atoms with E-state index in [2.05, 4.69) is 22.9 Å². The molecule has 1 rings (SSSR count). The first-order valence-electron chi connectivity index (χ1n) is 4.70. The topological polar surface area (TPSA) is 59.4 Å². The van der Waals surface area contributed by atoms with Gasteiger partial charge in [0, 0.05) is 18.2 Å². The predicted molar refractivity (Wildman–Crippen MR) is 67.0 cm³/mol. The van der Waals surface area contributed by atoms with Crippen molar-refractivity contribution in [3.05, 3.63) is 23.4 Å². The molecular formula is C11H15NO3S. The third kappa shape index (κ3) is 3.34. The first-order chi connectivity index (χ1) is 7.54. The molecule has 0 spiro atoms. The van der Waals surface area contributed by atoms with Gasteiger partial charge in [-0.15, -0.1) is 0 Å². The molecule has 0 saturated heterocycles. The zero-order valence-corrected chi connectivity index (χ0v) is 10.4. The molecule has 0 aromatic carbocycles. The molecule has 1 heterocycles. The van der Waals surface area contributed by atoms with Crippen LogP contribution >= 0.6 is 10.5 Å². The molecule has 1 aromatic heterocycles. The fourth-order valence-corrected chi connectivity index (χ4v) is 1.71. The minimum Gasteiger partial charge on any atom is -0.481 e. The quantitative estimate of drug-likeness (QED) is 0.814. The zero-order valence-electron chi connectivity index (χ0n) is 9.56. The second-order valence-electron chi connectivity index (χ2n) is 3.45. The predicted octanol–water partition coefficient (Wildman–Crippen LogP) is 1.66. The Morgan fingerprint density at radius 3 is 2.81 bits per heavy atom. The Morgan fingerprint density at radius 1 is 1.62 bits per heavy atom. The molecule has 0 aliphatic heterocycles. The summed E-state index contributed by atoms with van der Waals surface area (Å²) in [7, 11) is 1.73. The van der Waals surface area contributed by atoms with Crippen molar-refractivity contribution in [3.63, 3.8) is 0 Å². The average Bonchev–Trinajstić information content (AvgIpc) is 2.25. The molecule has 0 saturated carbocycles. The summed E-state index contributed by atoms with van der Waals surface area (Å²) < 4.78 is 5.09. The minimum atomic E-state index is -0.969. The van der Waals surface area contributed by atoms with Crippen molar-refractivity contribution in [3.8, 4) is 5.88 Å². The molecule has 0 radical (unpaired) electrons. The van der Waals surface area contributed by atoms with Gasteiger partial charge in [0.2, 0.25) is 5.88 Å². The number of nitrogens with zero attached hydrogens (tertiary/aromatic N) is 1. The second-order valence-corrected chi connectivity index (χ2v) is 5.54. The second kappa shape index (κ2) is 5.65. The molecule has 0 fully saturated rings. The maximum absolute atomic E-state index is 10.8. The number of pyridine rings is 1. The van der Waals surface area contributed by atoms with Gasteiger partial charge in [0.25, 0.3) is 0 Å². The molecular weight excluding hydrogens is 226 g/mol. The van der Waals surface area contributed by atoms with E-state index in [9.17, 15) is 4.79 Å².